The Morgan fingerprint density at radius 1 is 1.35 bits per heavy atom. The highest BCUT2D eigenvalue weighted by Crippen LogP contribution is 2.07. The molecular weight excluding hydrogens is 217 g/mol. The van der Waals surface area contributed by atoms with Crippen LogP contribution in [0.15, 0.2) is 24.3 Å². The molecule has 1 rings (SSSR count). The second-order valence-corrected chi connectivity index (χ2v) is 4.29. The summed E-state index contributed by atoms with van der Waals surface area (Å²) in [6.45, 7) is 6.11. The minimum Gasteiger partial charge on any atom is -0.375 e. The summed E-state index contributed by atoms with van der Waals surface area (Å²) in [6.07, 6.45) is 2.36. The van der Waals surface area contributed by atoms with Crippen molar-refractivity contribution in [3.63, 3.8) is 0 Å². The molecule has 17 heavy (non-hydrogen) atoms. The van der Waals surface area contributed by atoms with E-state index < -0.39 is 0 Å². The van der Waals surface area contributed by atoms with Crippen molar-refractivity contribution in [1.82, 2.24) is 5.32 Å². The van der Waals surface area contributed by atoms with Crippen LogP contribution in [0, 0.1) is 5.82 Å². The van der Waals surface area contributed by atoms with Crippen LogP contribution >= 0.6 is 0 Å². The van der Waals surface area contributed by atoms with Crippen molar-refractivity contribution in [3.05, 3.63) is 35.6 Å². The Hall–Kier alpha value is -0.930. The summed E-state index contributed by atoms with van der Waals surface area (Å²) in [7, 11) is 0. The summed E-state index contributed by atoms with van der Waals surface area (Å²) in [6, 6.07) is 7.25. The van der Waals surface area contributed by atoms with E-state index in [9.17, 15) is 4.39 Å². The molecule has 0 radical (unpaired) electrons. The van der Waals surface area contributed by atoms with Crippen LogP contribution in [0.5, 0.6) is 0 Å². The summed E-state index contributed by atoms with van der Waals surface area (Å²) in [5.74, 6) is -0.195. The van der Waals surface area contributed by atoms with Crippen molar-refractivity contribution in [3.8, 4) is 0 Å². The van der Waals surface area contributed by atoms with Crippen molar-refractivity contribution in [2.75, 3.05) is 13.2 Å². The summed E-state index contributed by atoms with van der Waals surface area (Å²) in [4.78, 5) is 0. The highest BCUT2D eigenvalue weighted by Gasteiger charge is 2.01. The minimum atomic E-state index is -0.195. The largest absolute Gasteiger partial charge is 0.375 e. The number of hydrogen-bond donors (Lipinski definition) is 1. The maximum atomic E-state index is 13.2. The Balaban J connectivity index is 2.10. The van der Waals surface area contributed by atoms with Gasteiger partial charge in [-0.2, -0.15) is 0 Å². The molecule has 2 nitrogen and oxygen atoms in total. The maximum Gasteiger partial charge on any atom is 0.128 e. The first-order valence-corrected chi connectivity index (χ1v) is 6.28. The fraction of sp³-hybridized carbons (Fsp3) is 0.571. The van der Waals surface area contributed by atoms with Gasteiger partial charge in [0.25, 0.3) is 0 Å². The second kappa shape index (κ2) is 8.20. The van der Waals surface area contributed by atoms with Crippen LogP contribution in [-0.2, 0) is 11.3 Å². The topological polar surface area (TPSA) is 21.3 Å². The lowest BCUT2D eigenvalue weighted by atomic mass is 10.2. The summed E-state index contributed by atoms with van der Waals surface area (Å²) in [5, 5.41) is 3.37. The van der Waals surface area contributed by atoms with E-state index in [0.29, 0.717) is 24.8 Å². The number of nitrogens with one attached hydrogen (secondary N) is 1. The van der Waals surface area contributed by atoms with Gasteiger partial charge < -0.3 is 10.1 Å². The van der Waals surface area contributed by atoms with E-state index >= 15 is 0 Å². The second-order valence-electron chi connectivity index (χ2n) is 4.29. The Kier molecular flexibility index (Phi) is 6.82. The normalized spacial score (nSPS) is 12.6. The van der Waals surface area contributed by atoms with Gasteiger partial charge in [-0.1, -0.05) is 31.5 Å². The van der Waals surface area contributed by atoms with E-state index in [1.807, 2.05) is 6.07 Å². The van der Waals surface area contributed by atoms with Gasteiger partial charge in [-0.25, -0.2) is 4.39 Å². The molecule has 0 fully saturated rings. The van der Waals surface area contributed by atoms with Gasteiger partial charge in [0.2, 0.25) is 0 Å². The van der Waals surface area contributed by atoms with Gasteiger partial charge in [0, 0.05) is 18.2 Å². The highest BCUT2D eigenvalue weighted by atomic mass is 19.1. The predicted octanol–water partition coefficient (Wildman–Crippen LogP) is 3.12. The van der Waals surface area contributed by atoms with E-state index in [0.717, 1.165) is 6.54 Å². The third-order valence-corrected chi connectivity index (χ3v) is 2.68. The first-order valence-electron chi connectivity index (χ1n) is 6.28. The molecule has 0 aromatic heterocycles. The lowest BCUT2D eigenvalue weighted by molar-refractivity contribution is 0.118. The van der Waals surface area contributed by atoms with Crippen molar-refractivity contribution < 1.29 is 9.13 Å². The molecule has 3 heteroatoms. The molecule has 1 unspecified atom stereocenters. The Labute approximate surface area is 103 Å². The van der Waals surface area contributed by atoms with Gasteiger partial charge in [0.15, 0.2) is 0 Å². The molecular formula is C14H22FNO. The fourth-order valence-corrected chi connectivity index (χ4v) is 1.71. The van der Waals surface area contributed by atoms with Crippen molar-refractivity contribution in [1.29, 1.82) is 0 Å². The van der Waals surface area contributed by atoms with Gasteiger partial charge in [-0.15, -0.1) is 0 Å². The Bertz CT molecular complexity index is 317. The van der Waals surface area contributed by atoms with Crippen molar-refractivity contribution in [2.45, 2.75) is 39.3 Å². The number of halogens is 1. The first kappa shape index (κ1) is 14.1. The highest BCUT2D eigenvalue weighted by molar-refractivity contribution is 5.16. The zero-order valence-electron chi connectivity index (χ0n) is 10.7. The predicted molar refractivity (Wildman–Crippen MR) is 68.4 cm³/mol. The van der Waals surface area contributed by atoms with Crippen LogP contribution in [-0.4, -0.2) is 19.2 Å². The molecule has 0 aliphatic rings. The quantitative estimate of drug-likeness (QED) is 0.704. The standard InChI is InChI=1S/C14H22FNO/c1-3-6-12(2)16-9-10-17-11-13-7-4-5-8-14(13)15/h4-5,7-8,12,16H,3,6,9-11H2,1-2H3. The van der Waals surface area contributed by atoms with E-state index in [1.54, 1.807) is 12.1 Å². The molecule has 1 N–H and O–H groups in total. The number of ether oxygens (including phenoxy) is 1. The lowest BCUT2D eigenvalue weighted by Gasteiger charge is -2.12. The van der Waals surface area contributed by atoms with E-state index in [1.165, 1.54) is 18.9 Å². The lowest BCUT2D eigenvalue weighted by Crippen LogP contribution is -2.29. The molecule has 0 heterocycles. The Morgan fingerprint density at radius 3 is 2.82 bits per heavy atom. The molecule has 1 aromatic rings. The van der Waals surface area contributed by atoms with Crippen LogP contribution in [0.1, 0.15) is 32.3 Å². The number of benzene rings is 1. The molecule has 0 bridgehead atoms. The van der Waals surface area contributed by atoms with Crippen LogP contribution < -0.4 is 5.32 Å². The molecule has 1 atom stereocenters. The molecule has 0 spiro atoms. The third-order valence-electron chi connectivity index (χ3n) is 2.68. The molecule has 0 saturated carbocycles. The molecule has 0 aliphatic heterocycles. The fourth-order valence-electron chi connectivity index (χ4n) is 1.71. The van der Waals surface area contributed by atoms with Crippen LogP contribution in [0.4, 0.5) is 4.39 Å². The van der Waals surface area contributed by atoms with Gasteiger partial charge in [0.05, 0.1) is 13.2 Å². The number of hydrogen-bond acceptors (Lipinski definition) is 2. The summed E-state index contributed by atoms with van der Waals surface area (Å²) in [5.41, 5.74) is 0.620. The van der Waals surface area contributed by atoms with Crippen molar-refractivity contribution in [2.24, 2.45) is 0 Å². The molecule has 0 amide bonds. The van der Waals surface area contributed by atoms with Gasteiger partial charge in [-0.3, -0.25) is 0 Å². The zero-order chi connectivity index (χ0) is 12.5. The summed E-state index contributed by atoms with van der Waals surface area (Å²) < 4.78 is 18.7. The van der Waals surface area contributed by atoms with Crippen LogP contribution in [0.3, 0.4) is 0 Å². The van der Waals surface area contributed by atoms with Gasteiger partial charge >= 0.3 is 0 Å². The smallest absolute Gasteiger partial charge is 0.128 e. The number of rotatable bonds is 8. The van der Waals surface area contributed by atoms with E-state index in [4.69, 9.17) is 4.74 Å². The summed E-state index contributed by atoms with van der Waals surface area (Å²) >= 11 is 0. The first-order chi connectivity index (χ1) is 8.24. The minimum absolute atomic E-state index is 0.195. The average molecular weight is 239 g/mol. The van der Waals surface area contributed by atoms with E-state index in [2.05, 4.69) is 19.2 Å². The molecule has 1 aromatic carbocycles. The third kappa shape index (κ3) is 5.80. The Morgan fingerprint density at radius 2 is 2.12 bits per heavy atom. The SMILES string of the molecule is CCCC(C)NCCOCc1ccccc1F. The van der Waals surface area contributed by atoms with Crippen LogP contribution in [0.25, 0.3) is 0 Å². The van der Waals surface area contributed by atoms with Gasteiger partial charge in [0.1, 0.15) is 5.82 Å². The monoisotopic (exact) mass is 239 g/mol. The molecule has 96 valence electrons. The van der Waals surface area contributed by atoms with E-state index in [-0.39, 0.29) is 5.82 Å². The zero-order valence-corrected chi connectivity index (χ0v) is 10.7. The van der Waals surface area contributed by atoms with Gasteiger partial charge in [-0.05, 0) is 19.4 Å². The maximum absolute atomic E-state index is 13.2. The average Bonchev–Trinajstić information content (AvgIpc) is 2.31. The van der Waals surface area contributed by atoms with Crippen LogP contribution in [0.2, 0.25) is 0 Å². The molecule has 0 aliphatic carbocycles. The van der Waals surface area contributed by atoms with Crippen molar-refractivity contribution >= 4 is 0 Å². The molecule has 0 saturated heterocycles.